The molecule has 3 rings (SSSR count). The number of halogens is 1. The normalized spacial score (nSPS) is 13.2. The van der Waals surface area contributed by atoms with Crippen LogP contribution in [0.25, 0.3) is 0 Å². The molecule has 0 aliphatic carbocycles. The van der Waals surface area contributed by atoms with Crippen molar-refractivity contribution < 1.29 is 4.52 Å². The molecule has 0 N–H and O–H groups in total. The molecule has 0 saturated heterocycles. The van der Waals surface area contributed by atoms with Crippen LogP contribution in [0.5, 0.6) is 0 Å². The zero-order valence-corrected chi connectivity index (χ0v) is 15.5. The predicted molar refractivity (Wildman–Crippen MR) is 107 cm³/mol. The zero-order chi connectivity index (χ0) is 16.9. The zero-order valence-electron chi connectivity index (χ0n) is 13.8. The van der Waals surface area contributed by atoms with Crippen molar-refractivity contribution in [2.75, 3.05) is 12.2 Å². The summed E-state index contributed by atoms with van der Waals surface area (Å²) in [5.41, 5.74) is 0.414. The van der Waals surface area contributed by atoms with Crippen LogP contribution in [-0.4, -0.2) is 12.2 Å². The van der Waals surface area contributed by atoms with Crippen molar-refractivity contribution in [3.05, 3.63) is 91.0 Å². The molecule has 0 spiro atoms. The summed E-state index contributed by atoms with van der Waals surface area (Å²) in [4.78, 5) is 0. The molecular formula is C21H22ClOP. The first-order chi connectivity index (χ1) is 11.8. The van der Waals surface area contributed by atoms with Crippen LogP contribution in [0.4, 0.5) is 0 Å². The molecule has 0 fully saturated rings. The van der Waals surface area contributed by atoms with Gasteiger partial charge in [-0.15, -0.1) is 0 Å². The molecular weight excluding hydrogens is 335 g/mol. The second kappa shape index (κ2) is 7.07. The fourth-order valence-electron chi connectivity index (χ4n) is 3.43. The van der Waals surface area contributed by atoms with Crippen LogP contribution in [0.15, 0.2) is 91.0 Å². The van der Waals surface area contributed by atoms with E-state index in [-0.39, 0.29) is 0 Å². The van der Waals surface area contributed by atoms with Gasteiger partial charge >= 0.3 is 149 Å². The van der Waals surface area contributed by atoms with Crippen molar-refractivity contribution >= 4 is 34.3 Å². The van der Waals surface area contributed by atoms with E-state index in [1.165, 1.54) is 0 Å². The first-order valence-electron chi connectivity index (χ1n) is 8.16. The number of hydrogen-bond acceptors (Lipinski definition) is 1. The molecule has 0 atom stereocenters. The van der Waals surface area contributed by atoms with Gasteiger partial charge in [-0.1, -0.05) is 0 Å². The van der Waals surface area contributed by atoms with Crippen molar-refractivity contribution in [3.63, 3.8) is 0 Å². The first kappa shape index (κ1) is 17.2. The van der Waals surface area contributed by atoms with E-state index in [4.69, 9.17) is 16.1 Å². The molecule has 3 aromatic rings. The Balaban J connectivity index is 2.47. The minimum absolute atomic E-state index is 0.414. The Bertz CT molecular complexity index is 675. The summed E-state index contributed by atoms with van der Waals surface area (Å²) in [6, 6.07) is 31.4. The number of benzene rings is 3. The third-order valence-corrected chi connectivity index (χ3v) is 11.4. The van der Waals surface area contributed by atoms with Gasteiger partial charge in [0.15, 0.2) is 0 Å². The SMILES string of the molecule is CCOP(CCl)(c1ccccc1)(c1ccccc1)c1ccccc1. The van der Waals surface area contributed by atoms with Gasteiger partial charge in [0.1, 0.15) is 0 Å². The number of rotatable bonds is 6. The van der Waals surface area contributed by atoms with Crippen molar-refractivity contribution in [3.8, 4) is 0 Å². The molecule has 0 saturated carbocycles. The molecule has 0 aliphatic heterocycles. The number of alkyl halides is 1. The molecule has 0 heterocycles. The van der Waals surface area contributed by atoms with Gasteiger partial charge in [-0.2, -0.15) is 0 Å². The van der Waals surface area contributed by atoms with Gasteiger partial charge in [-0.3, -0.25) is 0 Å². The van der Waals surface area contributed by atoms with Gasteiger partial charge in [0, 0.05) is 0 Å². The van der Waals surface area contributed by atoms with Crippen LogP contribution >= 0.6 is 18.4 Å². The topological polar surface area (TPSA) is 9.23 Å². The Labute approximate surface area is 149 Å². The second-order valence-corrected chi connectivity index (χ2v) is 10.9. The molecule has 0 aliphatic rings. The minimum atomic E-state index is -3.19. The Hall–Kier alpha value is -1.66. The van der Waals surface area contributed by atoms with Crippen molar-refractivity contribution in [2.45, 2.75) is 6.92 Å². The van der Waals surface area contributed by atoms with Crippen molar-refractivity contribution in [2.24, 2.45) is 0 Å². The van der Waals surface area contributed by atoms with E-state index >= 15 is 0 Å². The molecule has 0 aromatic heterocycles. The Morgan fingerprint density at radius 2 is 1.00 bits per heavy atom. The van der Waals surface area contributed by atoms with Gasteiger partial charge in [0.2, 0.25) is 0 Å². The fourth-order valence-corrected chi connectivity index (χ4v) is 9.68. The average molecular weight is 357 g/mol. The maximum atomic E-state index is 6.80. The summed E-state index contributed by atoms with van der Waals surface area (Å²) in [5.74, 6) is 0. The summed E-state index contributed by atoms with van der Waals surface area (Å²) < 4.78 is 6.72. The third kappa shape index (κ3) is 2.48. The van der Waals surface area contributed by atoms with E-state index < -0.39 is 6.83 Å². The van der Waals surface area contributed by atoms with Crippen molar-refractivity contribution in [1.29, 1.82) is 0 Å². The third-order valence-electron chi connectivity index (χ3n) is 4.55. The van der Waals surface area contributed by atoms with Gasteiger partial charge in [-0.25, -0.2) is 0 Å². The van der Waals surface area contributed by atoms with E-state index in [0.29, 0.717) is 12.2 Å². The molecule has 0 unspecified atom stereocenters. The standard InChI is InChI=1S/C21H22ClOP/c1-2-23-24(18-22,19-12-6-3-7-13-19,20-14-8-4-9-15-20)21-16-10-5-11-17-21/h3-17H,2,18H2,1H3. The molecule has 3 aromatic carbocycles. The monoisotopic (exact) mass is 356 g/mol. The van der Waals surface area contributed by atoms with Gasteiger partial charge < -0.3 is 0 Å². The summed E-state index contributed by atoms with van der Waals surface area (Å²) in [6.07, 6.45) is 0. The van der Waals surface area contributed by atoms with Crippen molar-refractivity contribution in [1.82, 2.24) is 0 Å². The van der Waals surface area contributed by atoms with E-state index in [1.807, 2.05) is 25.1 Å². The molecule has 1 nitrogen and oxygen atoms in total. The average Bonchev–Trinajstić information content (AvgIpc) is 2.69. The fraction of sp³-hybridized carbons (Fsp3) is 0.143. The second-order valence-electron chi connectivity index (χ2n) is 5.76. The van der Waals surface area contributed by atoms with Crippen LogP contribution in [-0.2, 0) is 4.52 Å². The van der Waals surface area contributed by atoms with Crippen LogP contribution in [0.3, 0.4) is 0 Å². The van der Waals surface area contributed by atoms with Gasteiger partial charge in [0.05, 0.1) is 0 Å². The molecule has 3 heteroatoms. The molecule has 24 heavy (non-hydrogen) atoms. The van der Waals surface area contributed by atoms with Crippen LogP contribution < -0.4 is 15.9 Å². The van der Waals surface area contributed by atoms with E-state index in [1.54, 1.807) is 0 Å². The number of hydrogen-bond donors (Lipinski definition) is 0. The van der Waals surface area contributed by atoms with Crippen LogP contribution in [0.2, 0.25) is 0 Å². The molecule has 0 amide bonds. The predicted octanol–water partition coefficient (Wildman–Crippen LogP) is 4.66. The summed E-state index contributed by atoms with van der Waals surface area (Å²) in [5, 5.41) is 3.49. The Morgan fingerprint density at radius 1 is 0.667 bits per heavy atom. The summed E-state index contributed by atoms with van der Waals surface area (Å²) in [7, 11) is 0. The quantitative estimate of drug-likeness (QED) is 0.461. The van der Waals surface area contributed by atoms with E-state index in [9.17, 15) is 0 Å². The van der Waals surface area contributed by atoms with E-state index in [2.05, 4.69) is 72.8 Å². The molecule has 0 radical (unpaired) electrons. The van der Waals surface area contributed by atoms with E-state index in [0.717, 1.165) is 15.9 Å². The van der Waals surface area contributed by atoms with Gasteiger partial charge in [0.25, 0.3) is 0 Å². The maximum absolute atomic E-state index is 6.80. The van der Waals surface area contributed by atoms with Crippen LogP contribution in [0.1, 0.15) is 6.92 Å². The van der Waals surface area contributed by atoms with Gasteiger partial charge in [-0.05, 0) is 0 Å². The summed E-state index contributed by atoms with van der Waals surface area (Å²) in [6.45, 7) is -0.545. The summed E-state index contributed by atoms with van der Waals surface area (Å²) >= 11 is 6.80. The first-order valence-corrected chi connectivity index (χ1v) is 11.0. The van der Waals surface area contributed by atoms with Crippen LogP contribution in [0, 0.1) is 0 Å². The molecule has 124 valence electrons. The Kier molecular flexibility index (Phi) is 5.06. The Morgan fingerprint density at radius 3 is 1.25 bits per heavy atom. The molecule has 0 bridgehead atoms.